The third-order valence-corrected chi connectivity index (χ3v) is 7.28. The van der Waals surface area contributed by atoms with Gasteiger partial charge in [-0.25, -0.2) is 16.8 Å². The predicted octanol–water partition coefficient (Wildman–Crippen LogP) is 1.97. The number of sulfone groups is 2. The fourth-order valence-electron chi connectivity index (χ4n) is 2.87. The van der Waals surface area contributed by atoms with E-state index in [-0.39, 0.29) is 23.0 Å². The van der Waals surface area contributed by atoms with Gasteiger partial charge in [0.05, 0.1) is 16.4 Å². The van der Waals surface area contributed by atoms with Crippen LogP contribution in [0.2, 0.25) is 0 Å². The third-order valence-electron chi connectivity index (χ3n) is 4.14. The highest BCUT2D eigenvalue weighted by molar-refractivity contribution is 7.92. The molecule has 1 aromatic rings. The molecule has 1 amide bonds. The molecule has 0 aromatic heterocycles. The second kappa shape index (κ2) is 7.59. The Bertz CT molecular complexity index is 864. The molecule has 0 spiro atoms. The topological polar surface area (TPSA) is 88.6 Å². The molecule has 146 valence electrons. The molecule has 10 heteroatoms. The molecule has 0 radical (unpaired) electrons. The number of alkyl halides is 2. The van der Waals surface area contributed by atoms with Crippen LogP contribution >= 0.6 is 0 Å². The van der Waals surface area contributed by atoms with E-state index in [2.05, 4.69) is 0 Å². The van der Waals surface area contributed by atoms with Gasteiger partial charge in [0.15, 0.2) is 9.84 Å². The molecule has 1 aromatic carbocycles. The second-order valence-corrected chi connectivity index (χ2v) is 10.9. The van der Waals surface area contributed by atoms with Gasteiger partial charge in [-0.2, -0.15) is 8.78 Å². The van der Waals surface area contributed by atoms with Gasteiger partial charge in [-0.15, -0.1) is 0 Å². The highest BCUT2D eigenvalue weighted by Crippen LogP contribution is 2.23. The number of carbonyl (C=O) groups excluding carboxylic acids is 1. The number of benzene rings is 1. The summed E-state index contributed by atoms with van der Waals surface area (Å²) in [5.41, 5.74) is 0.128. The smallest absolute Gasteiger partial charge is 0.334 e. The number of amides is 1. The molecule has 1 aliphatic heterocycles. The van der Waals surface area contributed by atoms with Crippen molar-refractivity contribution in [1.82, 2.24) is 4.90 Å². The van der Waals surface area contributed by atoms with E-state index in [1.165, 1.54) is 17.0 Å². The van der Waals surface area contributed by atoms with Crippen molar-refractivity contribution in [3.63, 3.8) is 0 Å². The summed E-state index contributed by atoms with van der Waals surface area (Å²) < 4.78 is 71.6. The fourth-order valence-corrected chi connectivity index (χ4v) is 5.32. The normalized spacial score (nSPS) is 19.8. The minimum atomic E-state index is -4.73. The van der Waals surface area contributed by atoms with E-state index in [0.29, 0.717) is 13.0 Å². The highest BCUT2D eigenvalue weighted by Gasteiger charge is 2.35. The van der Waals surface area contributed by atoms with Crippen molar-refractivity contribution < 1.29 is 30.4 Å². The summed E-state index contributed by atoms with van der Waals surface area (Å²) >= 11 is 0. The average molecular weight is 409 g/mol. The maximum absolute atomic E-state index is 12.8. The lowest BCUT2D eigenvalue weighted by molar-refractivity contribution is 0.0672. The van der Waals surface area contributed by atoms with Gasteiger partial charge < -0.3 is 4.90 Å². The van der Waals surface area contributed by atoms with Crippen molar-refractivity contribution in [1.29, 1.82) is 0 Å². The van der Waals surface area contributed by atoms with E-state index in [9.17, 15) is 30.4 Å². The first-order chi connectivity index (χ1) is 11.9. The number of halogens is 2. The fraction of sp³-hybridized carbons (Fsp3) is 0.562. The molecule has 1 atom stereocenters. The zero-order chi connectivity index (χ0) is 19.7. The number of hydrogen-bond acceptors (Lipinski definition) is 5. The van der Waals surface area contributed by atoms with Crippen molar-refractivity contribution in [3.8, 4) is 0 Å². The molecule has 1 aliphatic rings. The monoisotopic (exact) mass is 409 g/mol. The average Bonchev–Trinajstić information content (AvgIpc) is 2.91. The second-order valence-electron chi connectivity index (χ2n) is 6.74. The Morgan fingerprint density at radius 3 is 2.23 bits per heavy atom. The van der Waals surface area contributed by atoms with Gasteiger partial charge in [0.1, 0.15) is 0 Å². The van der Waals surface area contributed by atoms with Crippen LogP contribution in [0.1, 0.15) is 30.6 Å². The molecule has 0 unspecified atom stereocenters. The molecular formula is C16H21F2NO5S2. The number of nitrogens with zero attached hydrogens (tertiary/aromatic N) is 1. The zero-order valence-electron chi connectivity index (χ0n) is 14.4. The van der Waals surface area contributed by atoms with Crippen LogP contribution in [0.5, 0.6) is 0 Å². The quantitative estimate of drug-likeness (QED) is 0.717. The first-order valence-corrected chi connectivity index (χ1v) is 11.4. The van der Waals surface area contributed by atoms with E-state index in [1.54, 1.807) is 0 Å². The predicted molar refractivity (Wildman–Crippen MR) is 92.6 cm³/mol. The number of rotatable bonds is 6. The molecular weight excluding hydrogens is 388 g/mol. The van der Waals surface area contributed by atoms with Crippen LogP contribution in [0.4, 0.5) is 8.78 Å². The van der Waals surface area contributed by atoms with E-state index in [4.69, 9.17) is 0 Å². The molecule has 1 fully saturated rings. The van der Waals surface area contributed by atoms with Crippen LogP contribution in [-0.2, 0) is 19.7 Å². The van der Waals surface area contributed by atoms with Gasteiger partial charge in [0.25, 0.3) is 5.91 Å². The summed E-state index contributed by atoms with van der Waals surface area (Å²) in [7, 11) is -7.91. The van der Waals surface area contributed by atoms with Crippen molar-refractivity contribution in [3.05, 3.63) is 29.8 Å². The van der Waals surface area contributed by atoms with Crippen molar-refractivity contribution in [2.24, 2.45) is 5.92 Å². The summed E-state index contributed by atoms with van der Waals surface area (Å²) in [6.07, 6.45) is 0.346. The molecule has 26 heavy (non-hydrogen) atoms. The van der Waals surface area contributed by atoms with Crippen molar-refractivity contribution >= 4 is 25.6 Å². The third kappa shape index (κ3) is 4.59. The Morgan fingerprint density at radius 2 is 1.81 bits per heavy atom. The lowest BCUT2D eigenvalue weighted by atomic mass is 10.1. The Balaban J connectivity index is 2.28. The Kier molecular flexibility index (Phi) is 6.06. The molecule has 0 bridgehead atoms. The molecule has 2 rings (SSSR count). The van der Waals surface area contributed by atoms with Gasteiger partial charge in [-0.3, -0.25) is 4.79 Å². The summed E-state index contributed by atoms with van der Waals surface area (Å²) in [5.74, 6) is -3.97. The highest BCUT2D eigenvalue weighted by atomic mass is 32.2. The van der Waals surface area contributed by atoms with Crippen LogP contribution in [0.3, 0.4) is 0 Å². The Labute approximate surface area is 152 Å². The minimum Gasteiger partial charge on any atom is -0.334 e. The molecule has 6 nitrogen and oxygen atoms in total. The largest absolute Gasteiger partial charge is 0.341 e. The zero-order valence-corrected chi connectivity index (χ0v) is 16.1. The van der Waals surface area contributed by atoms with Gasteiger partial charge in [-0.1, -0.05) is 13.8 Å². The minimum absolute atomic E-state index is 0.0190. The summed E-state index contributed by atoms with van der Waals surface area (Å²) in [5, 5.41) is 0. The number of carbonyl (C=O) groups is 1. The summed E-state index contributed by atoms with van der Waals surface area (Å²) in [6, 6.07) is 3.84. The van der Waals surface area contributed by atoms with Crippen LogP contribution in [-0.4, -0.2) is 57.5 Å². The molecule has 1 saturated heterocycles. The Morgan fingerprint density at radius 1 is 1.23 bits per heavy atom. The Hall–Kier alpha value is -1.55. The van der Waals surface area contributed by atoms with Crippen LogP contribution in [0.15, 0.2) is 29.2 Å². The maximum Gasteiger partial charge on any atom is 0.341 e. The summed E-state index contributed by atoms with van der Waals surface area (Å²) in [6.45, 7) is 4.13. The van der Waals surface area contributed by atoms with Gasteiger partial charge in [-0.05, 0) is 36.6 Å². The van der Waals surface area contributed by atoms with Gasteiger partial charge in [0.2, 0.25) is 9.84 Å². The molecule has 0 saturated carbocycles. The maximum atomic E-state index is 12.8. The van der Waals surface area contributed by atoms with E-state index >= 15 is 0 Å². The molecule has 1 heterocycles. The molecule has 0 aliphatic carbocycles. The number of hydrogen-bond donors (Lipinski definition) is 0. The van der Waals surface area contributed by atoms with Crippen LogP contribution in [0, 0.1) is 5.92 Å². The summed E-state index contributed by atoms with van der Waals surface area (Å²) in [4.78, 5) is 13.7. The molecule has 0 N–H and O–H groups in total. The van der Waals surface area contributed by atoms with Crippen molar-refractivity contribution in [2.75, 3.05) is 18.1 Å². The lowest BCUT2D eigenvalue weighted by Gasteiger charge is -2.30. The standard InChI is InChI=1S/C16H21F2NO5S2/c1-11(2)9-19(13-7-8-25(21,22)10-13)15(20)12-3-5-14(6-4-12)26(23,24)16(17)18/h3-6,11,13,16H,7-10H2,1-2H3/t13-/m0/s1. The lowest BCUT2D eigenvalue weighted by Crippen LogP contribution is -2.43. The van der Waals surface area contributed by atoms with E-state index in [1.807, 2.05) is 13.8 Å². The SMILES string of the molecule is CC(C)CN(C(=O)c1ccc(S(=O)(=O)C(F)F)cc1)[C@H]1CCS(=O)(=O)C1. The van der Waals surface area contributed by atoms with E-state index < -0.39 is 42.3 Å². The van der Waals surface area contributed by atoms with E-state index in [0.717, 1.165) is 12.1 Å². The first-order valence-electron chi connectivity index (χ1n) is 8.07. The van der Waals surface area contributed by atoms with Crippen molar-refractivity contribution in [2.45, 2.75) is 37.0 Å². The van der Waals surface area contributed by atoms with Gasteiger partial charge >= 0.3 is 5.76 Å². The first kappa shape index (κ1) is 20.8. The van der Waals surface area contributed by atoms with Gasteiger partial charge in [0, 0.05) is 18.2 Å². The van der Waals surface area contributed by atoms with Crippen LogP contribution < -0.4 is 0 Å². The van der Waals surface area contributed by atoms with Crippen LogP contribution in [0.25, 0.3) is 0 Å².